The van der Waals surface area contributed by atoms with Crippen LogP contribution in [0.2, 0.25) is 0 Å². The van der Waals surface area contributed by atoms with Crippen LogP contribution in [-0.2, 0) is 16.1 Å². The van der Waals surface area contributed by atoms with Crippen molar-refractivity contribution in [1.82, 2.24) is 14.7 Å². The van der Waals surface area contributed by atoms with E-state index in [0.717, 1.165) is 43.8 Å². The standard InChI is InChI=1S/C20H31N3O4/c1-4-23(15-20(25)26)17-8-10-22(11-9-17)14-19(24)21(2)13-16-6-5-7-18(12-16)27-3/h5-7,12,17H,4,8-11,13-15H2,1-3H3,(H,25,26). The van der Waals surface area contributed by atoms with Crippen molar-refractivity contribution in [2.24, 2.45) is 0 Å². The van der Waals surface area contributed by atoms with Crippen molar-refractivity contribution in [1.29, 1.82) is 0 Å². The molecule has 0 bridgehead atoms. The highest BCUT2D eigenvalue weighted by Crippen LogP contribution is 2.17. The summed E-state index contributed by atoms with van der Waals surface area (Å²) in [7, 11) is 3.45. The number of piperidine rings is 1. The molecule has 0 aromatic heterocycles. The summed E-state index contributed by atoms with van der Waals surface area (Å²) in [6, 6.07) is 8.02. The van der Waals surface area contributed by atoms with Crippen LogP contribution in [0.3, 0.4) is 0 Å². The van der Waals surface area contributed by atoms with Gasteiger partial charge in [0.25, 0.3) is 0 Å². The lowest BCUT2D eigenvalue weighted by Crippen LogP contribution is -2.48. The van der Waals surface area contributed by atoms with Crippen molar-refractivity contribution in [3.8, 4) is 5.75 Å². The average Bonchev–Trinajstić information content (AvgIpc) is 2.66. The predicted octanol–water partition coefficient (Wildman–Crippen LogP) is 1.52. The number of carboxylic acids is 1. The van der Waals surface area contributed by atoms with E-state index in [1.165, 1.54) is 0 Å². The zero-order chi connectivity index (χ0) is 19.8. The zero-order valence-corrected chi connectivity index (χ0v) is 16.6. The first-order chi connectivity index (χ1) is 12.9. The maximum Gasteiger partial charge on any atom is 0.317 e. The first kappa shape index (κ1) is 21.2. The van der Waals surface area contributed by atoms with E-state index in [4.69, 9.17) is 9.84 Å². The number of carbonyl (C=O) groups excluding carboxylic acids is 1. The summed E-state index contributed by atoms with van der Waals surface area (Å²) in [6.07, 6.45) is 1.79. The van der Waals surface area contributed by atoms with E-state index in [2.05, 4.69) is 4.90 Å². The lowest BCUT2D eigenvalue weighted by Gasteiger charge is -2.37. The summed E-state index contributed by atoms with van der Waals surface area (Å²) in [5, 5.41) is 9.02. The third-order valence-corrected chi connectivity index (χ3v) is 5.16. The number of methoxy groups -OCH3 is 1. The highest BCUT2D eigenvalue weighted by atomic mass is 16.5. The van der Waals surface area contributed by atoms with Crippen molar-refractivity contribution in [2.75, 3.05) is 46.9 Å². The van der Waals surface area contributed by atoms with Gasteiger partial charge >= 0.3 is 5.97 Å². The Morgan fingerprint density at radius 1 is 1.30 bits per heavy atom. The fourth-order valence-electron chi connectivity index (χ4n) is 3.56. The summed E-state index contributed by atoms with van der Waals surface area (Å²) in [5.41, 5.74) is 1.04. The third kappa shape index (κ3) is 6.52. The van der Waals surface area contributed by atoms with Gasteiger partial charge in [-0.3, -0.25) is 19.4 Å². The lowest BCUT2D eigenvalue weighted by molar-refractivity contribution is -0.139. The molecule has 1 aromatic carbocycles. The first-order valence-electron chi connectivity index (χ1n) is 9.48. The Morgan fingerprint density at radius 2 is 2.00 bits per heavy atom. The summed E-state index contributed by atoms with van der Waals surface area (Å²) in [5.74, 6) is 0.0973. The lowest BCUT2D eigenvalue weighted by atomic mass is 10.0. The number of aliphatic carboxylic acids is 1. The van der Waals surface area contributed by atoms with Gasteiger partial charge in [-0.25, -0.2) is 0 Å². The Bertz CT molecular complexity index is 629. The van der Waals surface area contributed by atoms with Crippen LogP contribution in [0.1, 0.15) is 25.3 Å². The quantitative estimate of drug-likeness (QED) is 0.704. The number of likely N-dealkylation sites (tertiary alicyclic amines) is 1. The van der Waals surface area contributed by atoms with Crippen LogP contribution in [0, 0.1) is 0 Å². The molecule has 0 aliphatic carbocycles. The Balaban J connectivity index is 1.80. The number of hydrogen-bond donors (Lipinski definition) is 1. The van der Waals surface area contributed by atoms with Crippen LogP contribution < -0.4 is 4.74 Å². The molecule has 1 fully saturated rings. The van der Waals surface area contributed by atoms with Crippen LogP contribution in [0.15, 0.2) is 24.3 Å². The molecule has 0 unspecified atom stereocenters. The Kier molecular flexibility index (Phi) is 8.06. The van der Waals surface area contributed by atoms with Crippen LogP contribution in [0.5, 0.6) is 5.75 Å². The Morgan fingerprint density at radius 3 is 2.59 bits per heavy atom. The van der Waals surface area contributed by atoms with Gasteiger partial charge in [-0.15, -0.1) is 0 Å². The highest BCUT2D eigenvalue weighted by Gasteiger charge is 2.26. The van der Waals surface area contributed by atoms with Gasteiger partial charge < -0.3 is 14.7 Å². The largest absolute Gasteiger partial charge is 0.497 e. The van der Waals surface area contributed by atoms with Crippen molar-refractivity contribution in [3.63, 3.8) is 0 Å². The van der Waals surface area contributed by atoms with Crippen molar-refractivity contribution in [3.05, 3.63) is 29.8 Å². The molecule has 1 amide bonds. The van der Waals surface area contributed by atoms with E-state index in [1.807, 2.05) is 43.1 Å². The number of nitrogens with zero attached hydrogens (tertiary/aromatic N) is 3. The van der Waals surface area contributed by atoms with Crippen molar-refractivity contribution < 1.29 is 19.4 Å². The van der Waals surface area contributed by atoms with E-state index >= 15 is 0 Å². The van der Waals surface area contributed by atoms with Crippen LogP contribution in [0.4, 0.5) is 0 Å². The van der Waals surface area contributed by atoms with E-state index in [1.54, 1.807) is 12.0 Å². The molecule has 150 valence electrons. The maximum atomic E-state index is 12.6. The number of carboxylic acid groups (broad SMARTS) is 1. The second-order valence-corrected chi connectivity index (χ2v) is 7.07. The minimum absolute atomic E-state index is 0.0867. The molecule has 27 heavy (non-hydrogen) atoms. The molecule has 0 radical (unpaired) electrons. The van der Waals surface area contributed by atoms with E-state index in [9.17, 15) is 9.59 Å². The molecule has 7 nitrogen and oxygen atoms in total. The molecule has 0 spiro atoms. The molecule has 0 saturated carbocycles. The molecule has 1 saturated heterocycles. The maximum absolute atomic E-state index is 12.6. The molecule has 2 rings (SSSR count). The second kappa shape index (κ2) is 10.3. The SMILES string of the molecule is CCN(CC(=O)O)C1CCN(CC(=O)N(C)Cc2cccc(OC)c2)CC1. The van der Waals surface area contributed by atoms with E-state index < -0.39 is 5.97 Å². The highest BCUT2D eigenvalue weighted by molar-refractivity contribution is 5.78. The average molecular weight is 377 g/mol. The zero-order valence-electron chi connectivity index (χ0n) is 16.6. The Labute approximate surface area is 161 Å². The van der Waals surface area contributed by atoms with Gasteiger partial charge in [0, 0.05) is 32.7 Å². The molecule has 1 aliphatic heterocycles. The van der Waals surface area contributed by atoms with Gasteiger partial charge in [0.1, 0.15) is 5.75 Å². The third-order valence-electron chi connectivity index (χ3n) is 5.16. The monoisotopic (exact) mass is 377 g/mol. The van der Waals surface area contributed by atoms with E-state index in [0.29, 0.717) is 13.1 Å². The molecule has 1 aromatic rings. The molecule has 1 heterocycles. The van der Waals surface area contributed by atoms with Crippen LogP contribution in [-0.4, -0.2) is 84.6 Å². The molecule has 0 atom stereocenters. The molecule has 1 N–H and O–H groups in total. The number of amides is 1. The summed E-state index contributed by atoms with van der Waals surface area (Å²) < 4.78 is 5.23. The fourth-order valence-corrected chi connectivity index (χ4v) is 3.56. The van der Waals surface area contributed by atoms with E-state index in [-0.39, 0.29) is 18.5 Å². The van der Waals surface area contributed by atoms with Crippen molar-refractivity contribution >= 4 is 11.9 Å². The molecular weight excluding hydrogens is 346 g/mol. The smallest absolute Gasteiger partial charge is 0.317 e. The minimum atomic E-state index is -0.784. The topological polar surface area (TPSA) is 73.3 Å². The number of ether oxygens (including phenoxy) is 1. The second-order valence-electron chi connectivity index (χ2n) is 7.07. The number of carbonyl (C=O) groups is 2. The van der Waals surface area contributed by atoms with Gasteiger partial charge in [-0.2, -0.15) is 0 Å². The normalized spacial score (nSPS) is 15.7. The number of hydrogen-bond acceptors (Lipinski definition) is 5. The molecular formula is C20H31N3O4. The number of benzene rings is 1. The van der Waals surface area contributed by atoms with Gasteiger partial charge in [0.05, 0.1) is 20.2 Å². The van der Waals surface area contributed by atoms with Gasteiger partial charge in [-0.1, -0.05) is 19.1 Å². The summed E-state index contributed by atoms with van der Waals surface area (Å²) in [6.45, 7) is 5.40. The van der Waals surface area contributed by atoms with Crippen LogP contribution >= 0.6 is 0 Å². The Hall–Kier alpha value is -2.12. The first-order valence-corrected chi connectivity index (χ1v) is 9.48. The summed E-state index contributed by atoms with van der Waals surface area (Å²) in [4.78, 5) is 29.4. The molecule has 1 aliphatic rings. The van der Waals surface area contributed by atoms with Gasteiger partial charge in [0.15, 0.2) is 0 Å². The van der Waals surface area contributed by atoms with Crippen molar-refractivity contribution in [2.45, 2.75) is 32.4 Å². The summed E-state index contributed by atoms with van der Waals surface area (Å²) >= 11 is 0. The van der Waals surface area contributed by atoms with Gasteiger partial charge in [0.2, 0.25) is 5.91 Å². The van der Waals surface area contributed by atoms with Crippen LogP contribution in [0.25, 0.3) is 0 Å². The number of likely N-dealkylation sites (N-methyl/N-ethyl adjacent to an activating group) is 2. The van der Waals surface area contributed by atoms with Gasteiger partial charge in [-0.05, 0) is 37.1 Å². The predicted molar refractivity (Wildman–Crippen MR) is 104 cm³/mol. The fraction of sp³-hybridized carbons (Fsp3) is 0.600. The number of rotatable bonds is 9. The molecule has 7 heteroatoms. The minimum Gasteiger partial charge on any atom is -0.497 e.